The summed E-state index contributed by atoms with van der Waals surface area (Å²) in [6.07, 6.45) is 5.56. The van der Waals surface area contributed by atoms with Gasteiger partial charge in [0, 0.05) is 26.1 Å². The Morgan fingerprint density at radius 1 is 1.30 bits per heavy atom. The molecular formula is C16H25ClN2O. The standard InChI is InChI=1S/C16H24N2O.ClH/c1-18(12-13-7-5-6-8-13)16(19)11-15(17)14-9-3-2-4-10-14;/h2-4,9-10,13,15H,5-8,11-12,17H2,1H3;1H. The van der Waals surface area contributed by atoms with Crippen LogP contribution >= 0.6 is 12.4 Å². The van der Waals surface area contributed by atoms with Crippen molar-refractivity contribution in [1.29, 1.82) is 0 Å². The van der Waals surface area contributed by atoms with E-state index in [2.05, 4.69) is 0 Å². The molecule has 0 radical (unpaired) electrons. The molecule has 1 aromatic rings. The van der Waals surface area contributed by atoms with Gasteiger partial charge < -0.3 is 10.6 Å². The van der Waals surface area contributed by atoms with E-state index < -0.39 is 0 Å². The Kier molecular flexibility index (Phi) is 7.03. The van der Waals surface area contributed by atoms with Crippen LogP contribution in [0.4, 0.5) is 0 Å². The summed E-state index contributed by atoms with van der Waals surface area (Å²) in [7, 11) is 1.90. The summed E-state index contributed by atoms with van der Waals surface area (Å²) in [6.45, 7) is 0.889. The molecule has 0 bridgehead atoms. The van der Waals surface area contributed by atoms with Gasteiger partial charge in [-0.25, -0.2) is 0 Å². The SMILES string of the molecule is CN(CC1CCCC1)C(=O)CC(N)c1ccccc1.Cl. The van der Waals surface area contributed by atoms with Crippen molar-refractivity contribution in [1.82, 2.24) is 4.90 Å². The molecule has 1 unspecified atom stereocenters. The van der Waals surface area contributed by atoms with Crippen molar-refractivity contribution in [2.45, 2.75) is 38.1 Å². The number of carbonyl (C=O) groups is 1. The molecule has 1 aliphatic carbocycles. The van der Waals surface area contributed by atoms with Gasteiger partial charge in [0.2, 0.25) is 5.91 Å². The van der Waals surface area contributed by atoms with Crippen LogP contribution in [0.25, 0.3) is 0 Å². The molecule has 0 spiro atoms. The molecule has 2 rings (SSSR count). The fraction of sp³-hybridized carbons (Fsp3) is 0.562. The Bertz CT molecular complexity index is 404. The zero-order valence-electron chi connectivity index (χ0n) is 12.1. The quantitative estimate of drug-likeness (QED) is 0.907. The van der Waals surface area contributed by atoms with Gasteiger partial charge >= 0.3 is 0 Å². The summed E-state index contributed by atoms with van der Waals surface area (Å²) in [5.41, 5.74) is 7.13. The zero-order valence-corrected chi connectivity index (χ0v) is 12.9. The summed E-state index contributed by atoms with van der Waals surface area (Å²) >= 11 is 0. The van der Waals surface area contributed by atoms with Gasteiger partial charge in [0.15, 0.2) is 0 Å². The molecule has 1 atom stereocenters. The lowest BCUT2D eigenvalue weighted by molar-refractivity contribution is -0.130. The van der Waals surface area contributed by atoms with Gasteiger partial charge in [-0.2, -0.15) is 0 Å². The van der Waals surface area contributed by atoms with Crippen LogP contribution in [0.5, 0.6) is 0 Å². The van der Waals surface area contributed by atoms with E-state index in [9.17, 15) is 4.79 Å². The minimum absolute atomic E-state index is 0. The second kappa shape index (κ2) is 8.28. The first-order valence-electron chi connectivity index (χ1n) is 7.21. The topological polar surface area (TPSA) is 46.3 Å². The van der Waals surface area contributed by atoms with E-state index in [4.69, 9.17) is 5.73 Å². The van der Waals surface area contributed by atoms with Crippen molar-refractivity contribution in [2.24, 2.45) is 11.7 Å². The molecule has 20 heavy (non-hydrogen) atoms. The number of hydrogen-bond acceptors (Lipinski definition) is 2. The van der Waals surface area contributed by atoms with Crippen LogP contribution in [0.15, 0.2) is 30.3 Å². The average Bonchev–Trinajstić information content (AvgIpc) is 2.92. The normalized spacial score (nSPS) is 16.5. The second-order valence-corrected chi connectivity index (χ2v) is 5.65. The van der Waals surface area contributed by atoms with E-state index in [1.807, 2.05) is 42.3 Å². The lowest BCUT2D eigenvalue weighted by atomic mass is 10.0. The number of amides is 1. The van der Waals surface area contributed by atoms with Gasteiger partial charge in [-0.05, 0) is 24.3 Å². The Hall–Kier alpha value is -1.06. The van der Waals surface area contributed by atoms with Gasteiger partial charge in [-0.1, -0.05) is 43.2 Å². The van der Waals surface area contributed by atoms with Crippen molar-refractivity contribution < 1.29 is 4.79 Å². The molecule has 1 amide bonds. The highest BCUT2D eigenvalue weighted by atomic mass is 35.5. The highest BCUT2D eigenvalue weighted by Gasteiger charge is 2.20. The Labute approximate surface area is 127 Å². The highest BCUT2D eigenvalue weighted by molar-refractivity contribution is 5.85. The van der Waals surface area contributed by atoms with Crippen LogP contribution in [0.2, 0.25) is 0 Å². The van der Waals surface area contributed by atoms with Gasteiger partial charge in [0.05, 0.1) is 0 Å². The lowest BCUT2D eigenvalue weighted by Crippen LogP contribution is -2.33. The number of benzene rings is 1. The third-order valence-corrected chi connectivity index (χ3v) is 4.05. The number of carbonyl (C=O) groups excluding carboxylic acids is 1. The van der Waals surface area contributed by atoms with Crippen molar-refractivity contribution in [3.8, 4) is 0 Å². The van der Waals surface area contributed by atoms with E-state index >= 15 is 0 Å². The maximum atomic E-state index is 12.2. The summed E-state index contributed by atoms with van der Waals surface area (Å²) in [5.74, 6) is 0.852. The van der Waals surface area contributed by atoms with Gasteiger partial charge in [0.1, 0.15) is 0 Å². The second-order valence-electron chi connectivity index (χ2n) is 5.65. The van der Waals surface area contributed by atoms with Crippen molar-refractivity contribution >= 4 is 18.3 Å². The van der Waals surface area contributed by atoms with Crippen molar-refractivity contribution in [3.63, 3.8) is 0 Å². The molecule has 3 nitrogen and oxygen atoms in total. The molecule has 112 valence electrons. The monoisotopic (exact) mass is 296 g/mol. The molecular weight excluding hydrogens is 272 g/mol. The van der Waals surface area contributed by atoms with Crippen LogP contribution < -0.4 is 5.73 Å². The first kappa shape index (κ1) is 17.0. The minimum atomic E-state index is -0.195. The number of halogens is 1. The number of nitrogens with zero attached hydrogens (tertiary/aromatic N) is 1. The molecule has 4 heteroatoms. The Morgan fingerprint density at radius 2 is 1.90 bits per heavy atom. The van der Waals surface area contributed by atoms with E-state index in [1.54, 1.807) is 0 Å². The fourth-order valence-corrected chi connectivity index (χ4v) is 2.84. The van der Waals surface area contributed by atoms with Crippen molar-refractivity contribution in [3.05, 3.63) is 35.9 Å². The maximum Gasteiger partial charge on any atom is 0.224 e. The van der Waals surface area contributed by atoms with Gasteiger partial charge in [-0.15, -0.1) is 12.4 Å². The van der Waals surface area contributed by atoms with E-state index in [-0.39, 0.29) is 24.4 Å². The third-order valence-electron chi connectivity index (χ3n) is 4.05. The maximum absolute atomic E-state index is 12.2. The van der Waals surface area contributed by atoms with E-state index in [1.165, 1.54) is 25.7 Å². The van der Waals surface area contributed by atoms with Crippen LogP contribution in [-0.4, -0.2) is 24.4 Å². The first-order chi connectivity index (χ1) is 9.16. The summed E-state index contributed by atoms with van der Waals surface area (Å²) in [5, 5.41) is 0. The molecule has 0 aromatic heterocycles. The predicted octanol–water partition coefficient (Wildman–Crippen LogP) is 3.15. The molecule has 1 aromatic carbocycles. The van der Waals surface area contributed by atoms with E-state index in [0.717, 1.165) is 12.1 Å². The molecule has 1 aliphatic rings. The molecule has 1 fully saturated rings. The Balaban J connectivity index is 0.00000200. The predicted molar refractivity (Wildman–Crippen MR) is 84.8 cm³/mol. The highest BCUT2D eigenvalue weighted by Crippen LogP contribution is 2.25. The smallest absolute Gasteiger partial charge is 0.224 e. The van der Waals surface area contributed by atoms with Gasteiger partial charge in [-0.3, -0.25) is 4.79 Å². The van der Waals surface area contributed by atoms with Crippen LogP contribution in [0, 0.1) is 5.92 Å². The van der Waals surface area contributed by atoms with Gasteiger partial charge in [0.25, 0.3) is 0 Å². The molecule has 2 N–H and O–H groups in total. The van der Waals surface area contributed by atoms with Crippen LogP contribution in [-0.2, 0) is 4.79 Å². The molecule has 0 heterocycles. The summed E-state index contributed by atoms with van der Waals surface area (Å²) in [4.78, 5) is 14.0. The number of rotatable bonds is 5. The zero-order chi connectivity index (χ0) is 13.7. The third kappa shape index (κ3) is 4.80. The molecule has 0 aliphatic heterocycles. The van der Waals surface area contributed by atoms with Crippen LogP contribution in [0.1, 0.15) is 43.7 Å². The van der Waals surface area contributed by atoms with Crippen molar-refractivity contribution in [2.75, 3.05) is 13.6 Å². The van der Waals surface area contributed by atoms with Crippen LogP contribution in [0.3, 0.4) is 0 Å². The fourth-order valence-electron chi connectivity index (χ4n) is 2.84. The Morgan fingerprint density at radius 3 is 2.50 bits per heavy atom. The first-order valence-corrected chi connectivity index (χ1v) is 7.21. The lowest BCUT2D eigenvalue weighted by Gasteiger charge is -2.22. The molecule has 0 saturated heterocycles. The molecule has 1 saturated carbocycles. The largest absolute Gasteiger partial charge is 0.345 e. The van der Waals surface area contributed by atoms with E-state index in [0.29, 0.717) is 12.3 Å². The number of nitrogens with two attached hydrogens (primary N) is 1. The minimum Gasteiger partial charge on any atom is -0.345 e. The average molecular weight is 297 g/mol. The summed E-state index contributed by atoms with van der Waals surface area (Å²) in [6, 6.07) is 9.65. The summed E-state index contributed by atoms with van der Waals surface area (Å²) < 4.78 is 0. The number of hydrogen-bond donors (Lipinski definition) is 1.